The van der Waals surface area contributed by atoms with E-state index in [0.717, 1.165) is 29.7 Å². The van der Waals surface area contributed by atoms with Gasteiger partial charge >= 0.3 is 0 Å². The van der Waals surface area contributed by atoms with Gasteiger partial charge in [-0.25, -0.2) is 0 Å². The molecule has 3 N–H and O–H groups in total. The summed E-state index contributed by atoms with van der Waals surface area (Å²) in [4.78, 5) is 13.2. The molecule has 0 saturated carbocycles. The first-order chi connectivity index (χ1) is 8.06. The van der Waals surface area contributed by atoms with Gasteiger partial charge in [-0.05, 0) is 54.1 Å². The zero-order valence-corrected chi connectivity index (χ0v) is 11.8. The van der Waals surface area contributed by atoms with Gasteiger partial charge in [0.15, 0.2) is 0 Å². The van der Waals surface area contributed by atoms with Gasteiger partial charge in [-0.3, -0.25) is 4.79 Å². The van der Waals surface area contributed by atoms with E-state index in [-0.39, 0.29) is 0 Å². The molecule has 0 aliphatic heterocycles. The largest absolute Gasteiger partial charge is 0.375 e. The predicted octanol–water partition coefficient (Wildman–Crippen LogP) is 1.59. The molecule has 0 heterocycles. The van der Waals surface area contributed by atoms with E-state index >= 15 is 0 Å². The number of nitrogens with one attached hydrogen (secondary N) is 1. The van der Waals surface area contributed by atoms with E-state index in [0.29, 0.717) is 5.56 Å². The summed E-state index contributed by atoms with van der Waals surface area (Å²) in [6, 6.07) is 5.57. The molecular weight excluding hydrogens is 282 g/mol. The average Bonchev–Trinajstić information content (AvgIpc) is 2.28. The second-order valence-corrected chi connectivity index (χ2v) is 4.76. The molecule has 0 fully saturated rings. The number of nitrogens with two attached hydrogens (primary N) is 1. The minimum Gasteiger partial charge on any atom is -0.375 e. The molecule has 4 nitrogen and oxygen atoms in total. The third-order valence-electron chi connectivity index (χ3n) is 2.58. The Balaban J connectivity index is 2.72. The maximum atomic E-state index is 11.1. The fourth-order valence-electron chi connectivity index (χ4n) is 1.56. The third kappa shape index (κ3) is 4.02. The molecule has 0 saturated heterocycles. The summed E-state index contributed by atoms with van der Waals surface area (Å²) in [7, 11) is 3.97. The van der Waals surface area contributed by atoms with Crippen LogP contribution in [0.15, 0.2) is 22.7 Å². The fourth-order valence-corrected chi connectivity index (χ4v) is 2.13. The minimum atomic E-state index is -0.415. The lowest BCUT2D eigenvalue weighted by molar-refractivity contribution is 0.0999. The Morgan fingerprint density at radius 3 is 2.76 bits per heavy atom. The van der Waals surface area contributed by atoms with E-state index in [1.165, 1.54) is 0 Å². The van der Waals surface area contributed by atoms with Crippen molar-refractivity contribution in [3.8, 4) is 0 Å². The van der Waals surface area contributed by atoms with Crippen LogP contribution < -0.4 is 16.0 Å². The lowest BCUT2D eigenvalue weighted by Gasteiger charge is -2.20. The monoisotopic (exact) mass is 299 g/mol. The zero-order chi connectivity index (χ0) is 12.8. The second-order valence-electron chi connectivity index (χ2n) is 3.91. The number of benzene rings is 1. The van der Waals surface area contributed by atoms with Crippen molar-refractivity contribution in [2.75, 3.05) is 32.1 Å². The van der Waals surface area contributed by atoms with Crippen LogP contribution in [0.4, 0.5) is 5.69 Å². The van der Waals surface area contributed by atoms with Crippen LogP contribution in [0.5, 0.6) is 0 Å². The van der Waals surface area contributed by atoms with Crippen LogP contribution in [0.3, 0.4) is 0 Å². The van der Waals surface area contributed by atoms with Crippen molar-refractivity contribution in [3.63, 3.8) is 0 Å². The Hall–Kier alpha value is -1.07. The Morgan fingerprint density at radius 2 is 2.24 bits per heavy atom. The summed E-state index contributed by atoms with van der Waals surface area (Å²) in [6.07, 6.45) is 1.07. The lowest BCUT2D eigenvalue weighted by Crippen LogP contribution is -2.22. The number of rotatable bonds is 6. The molecule has 0 unspecified atom stereocenters. The number of nitrogens with zero attached hydrogens (tertiary/aromatic N) is 1. The van der Waals surface area contributed by atoms with Gasteiger partial charge in [0, 0.05) is 23.8 Å². The predicted molar refractivity (Wildman–Crippen MR) is 74.5 cm³/mol. The van der Waals surface area contributed by atoms with Crippen molar-refractivity contribution in [3.05, 3.63) is 28.2 Å². The molecule has 0 radical (unpaired) electrons. The third-order valence-corrected chi connectivity index (χ3v) is 3.24. The second kappa shape index (κ2) is 6.61. The standard InChI is InChI=1S/C12H18BrN3O/c1-15-6-3-7-16(2)9-4-5-10(12(14)17)11(13)8-9/h4-5,8,15H,3,6-7H2,1-2H3,(H2,14,17). The molecule has 0 spiro atoms. The number of carbonyl (C=O) groups is 1. The molecule has 0 aliphatic carbocycles. The smallest absolute Gasteiger partial charge is 0.249 e. The number of hydrogen-bond donors (Lipinski definition) is 2. The first kappa shape index (κ1) is 14.0. The highest BCUT2D eigenvalue weighted by atomic mass is 79.9. The summed E-state index contributed by atoms with van der Waals surface area (Å²) in [5.74, 6) is -0.415. The average molecular weight is 300 g/mol. The molecule has 1 rings (SSSR count). The van der Waals surface area contributed by atoms with Crippen LogP contribution in [0.25, 0.3) is 0 Å². The van der Waals surface area contributed by atoms with Gasteiger partial charge in [0.05, 0.1) is 5.56 Å². The van der Waals surface area contributed by atoms with E-state index < -0.39 is 5.91 Å². The first-order valence-electron chi connectivity index (χ1n) is 5.51. The number of halogens is 1. The van der Waals surface area contributed by atoms with Crippen LogP contribution in [0.1, 0.15) is 16.8 Å². The van der Waals surface area contributed by atoms with Crippen molar-refractivity contribution in [1.29, 1.82) is 0 Å². The number of primary amides is 1. The van der Waals surface area contributed by atoms with Gasteiger partial charge in [-0.15, -0.1) is 0 Å². The van der Waals surface area contributed by atoms with Crippen LogP contribution in [-0.2, 0) is 0 Å². The van der Waals surface area contributed by atoms with Crippen molar-refractivity contribution < 1.29 is 4.79 Å². The molecule has 17 heavy (non-hydrogen) atoms. The number of amides is 1. The summed E-state index contributed by atoms with van der Waals surface area (Å²) in [5, 5.41) is 3.11. The van der Waals surface area contributed by atoms with Crippen LogP contribution in [-0.4, -0.2) is 33.1 Å². The van der Waals surface area contributed by atoms with E-state index in [4.69, 9.17) is 5.73 Å². The van der Waals surface area contributed by atoms with Gasteiger partial charge in [0.2, 0.25) is 5.91 Å². The Bertz CT molecular complexity index is 395. The van der Waals surface area contributed by atoms with Gasteiger partial charge in [0.25, 0.3) is 0 Å². The lowest BCUT2D eigenvalue weighted by atomic mass is 10.2. The fraction of sp³-hybridized carbons (Fsp3) is 0.417. The molecule has 0 bridgehead atoms. The first-order valence-corrected chi connectivity index (χ1v) is 6.30. The molecule has 0 aromatic heterocycles. The van der Waals surface area contributed by atoms with Crippen LogP contribution >= 0.6 is 15.9 Å². The Kier molecular flexibility index (Phi) is 5.44. The molecule has 0 atom stereocenters. The van der Waals surface area contributed by atoms with Crippen LogP contribution in [0, 0.1) is 0 Å². The van der Waals surface area contributed by atoms with E-state index in [2.05, 4.69) is 26.1 Å². The van der Waals surface area contributed by atoms with Gasteiger partial charge in [0.1, 0.15) is 0 Å². The summed E-state index contributed by atoms with van der Waals surface area (Å²) in [5.41, 5.74) is 6.83. The Labute approximate surface area is 110 Å². The number of anilines is 1. The molecule has 1 aromatic rings. The molecule has 5 heteroatoms. The summed E-state index contributed by atoms with van der Waals surface area (Å²) in [6.45, 7) is 1.95. The van der Waals surface area contributed by atoms with E-state index in [1.807, 2.05) is 26.2 Å². The maximum Gasteiger partial charge on any atom is 0.249 e. The Morgan fingerprint density at radius 1 is 1.53 bits per heavy atom. The quantitative estimate of drug-likeness (QED) is 0.785. The maximum absolute atomic E-state index is 11.1. The SMILES string of the molecule is CNCCCN(C)c1ccc(C(N)=O)c(Br)c1. The molecule has 1 amide bonds. The van der Waals surface area contributed by atoms with Gasteiger partial charge in [-0.1, -0.05) is 0 Å². The van der Waals surface area contributed by atoms with Crippen molar-refractivity contribution in [1.82, 2.24) is 5.32 Å². The van der Waals surface area contributed by atoms with Crippen LogP contribution in [0.2, 0.25) is 0 Å². The number of hydrogen-bond acceptors (Lipinski definition) is 3. The normalized spacial score (nSPS) is 10.3. The molecule has 94 valence electrons. The highest BCUT2D eigenvalue weighted by Gasteiger charge is 2.08. The minimum absolute atomic E-state index is 0.415. The zero-order valence-electron chi connectivity index (χ0n) is 10.2. The van der Waals surface area contributed by atoms with Gasteiger partial charge in [-0.2, -0.15) is 0 Å². The summed E-state index contributed by atoms with van der Waals surface area (Å²) < 4.78 is 0.739. The molecular formula is C12H18BrN3O. The van der Waals surface area contributed by atoms with Crippen molar-refractivity contribution in [2.24, 2.45) is 5.73 Å². The molecule has 0 aliphatic rings. The van der Waals surface area contributed by atoms with Gasteiger partial charge < -0.3 is 16.0 Å². The highest BCUT2D eigenvalue weighted by molar-refractivity contribution is 9.10. The molecule has 1 aromatic carbocycles. The highest BCUT2D eigenvalue weighted by Crippen LogP contribution is 2.23. The van der Waals surface area contributed by atoms with E-state index in [9.17, 15) is 4.79 Å². The van der Waals surface area contributed by atoms with Crippen molar-refractivity contribution >= 4 is 27.5 Å². The van der Waals surface area contributed by atoms with Crippen molar-refractivity contribution in [2.45, 2.75) is 6.42 Å². The topological polar surface area (TPSA) is 58.4 Å². The number of carbonyl (C=O) groups excluding carboxylic acids is 1. The van der Waals surface area contributed by atoms with E-state index in [1.54, 1.807) is 6.07 Å². The summed E-state index contributed by atoms with van der Waals surface area (Å²) >= 11 is 3.36.